The van der Waals surface area contributed by atoms with E-state index in [2.05, 4.69) is 73.5 Å². The maximum Gasteiger partial charge on any atom is 0.238 e. The molecule has 3 rings (SSSR count). The zero-order valence-corrected chi connectivity index (χ0v) is 16.9. The van der Waals surface area contributed by atoms with Gasteiger partial charge in [-0.1, -0.05) is 68.8 Å². The van der Waals surface area contributed by atoms with Crippen LogP contribution >= 0.6 is 0 Å². The van der Waals surface area contributed by atoms with Gasteiger partial charge in [-0.15, -0.1) is 0 Å². The van der Waals surface area contributed by atoms with Crippen molar-refractivity contribution in [3.8, 4) is 0 Å². The molecule has 1 aliphatic rings. The van der Waals surface area contributed by atoms with Gasteiger partial charge in [-0.25, -0.2) is 0 Å². The smallest absolute Gasteiger partial charge is 0.238 e. The first-order chi connectivity index (χ1) is 13.0. The second-order valence-electron chi connectivity index (χ2n) is 8.19. The third-order valence-electron chi connectivity index (χ3n) is 5.55. The maximum absolute atomic E-state index is 12.9. The van der Waals surface area contributed by atoms with Crippen molar-refractivity contribution in [3.63, 3.8) is 0 Å². The Morgan fingerprint density at radius 3 is 2.48 bits per heavy atom. The third kappa shape index (κ3) is 5.43. The van der Waals surface area contributed by atoms with E-state index in [1.54, 1.807) is 0 Å². The Balaban J connectivity index is 1.68. The lowest BCUT2D eigenvalue weighted by molar-refractivity contribution is -0.117. The number of carbonyl (C=O) groups is 1. The monoisotopic (exact) mass is 364 g/mol. The van der Waals surface area contributed by atoms with Crippen LogP contribution in [0.2, 0.25) is 0 Å². The van der Waals surface area contributed by atoms with Crippen molar-refractivity contribution in [3.05, 3.63) is 65.2 Å². The van der Waals surface area contributed by atoms with Gasteiger partial charge >= 0.3 is 0 Å². The molecule has 1 fully saturated rings. The van der Waals surface area contributed by atoms with E-state index in [4.69, 9.17) is 0 Å². The standard InChI is InChI=1S/C24H32N2O/c1-18(2)22-14-7-9-19(3)24(22)25-23(27)17-26(16-21-12-8-13-21)15-20-10-5-4-6-11-20/h4-7,9-11,14,18,21H,8,12-13,15-17H2,1-3H3,(H,25,27). The van der Waals surface area contributed by atoms with Crippen LogP contribution in [0.1, 0.15) is 55.7 Å². The predicted molar refractivity (Wildman–Crippen MR) is 113 cm³/mol. The lowest BCUT2D eigenvalue weighted by atomic mass is 9.85. The highest BCUT2D eigenvalue weighted by Gasteiger charge is 2.22. The Morgan fingerprint density at radius 2 is 1.85 bits per heavy atom. The summed E-state index contributed by atoms with van der Waals surface area (Å²) >= 11 is 0. The van der Waals surface area contributed by atoms with Crippen molar-refractivity contribution in [1.29, 1.82) is 0 Å². The predicted octanol–water partition coefficient (Wildman–Crippen LogP) is 5.36. The van der Waals surface area contributed by atoms with E-state index in [9.17, 15) is 4.79 Å². The Hall–Kier alpha value is -2.13. The molecule has 0 spiro atoms. The second kappa shape index (κ2) is 9.18. The van der Waals surface area contributed by atoms with Gasteiger partial charge in [-0.05, 0) is 48.3 Å². The van der Waals surface area contributed by atoms with Gasteiger partial charge in [0.25, 0.3) is 0 Å². The molecule has 3 nitrogen and oxygen atoms in total. The van der Waals surface area contributed by atoms with E-state index in [0.717, 1.165) is 30.3 Å². The molecule has 0 aromatic heterocycles. The number of benzene rings is 2. The van der Waals surface area contributed by atoms with Crippen molar-refractivity contribution in [1.82, 2.24) is 4.90 Å². The molecule has 0 bridgehead atoms. The van der Waals surface area contributed by atoms with Crippen LogP contribution in [0.5, 0.6) is 0 Å². The minimum atomic E-state index is 0.0847. The zero-order valence-electron chi connectivity index (χ0n) is 16.9. The van der Waals surface area contributed by atoms with Gasteiger partial charge in [-0.3, -0.25) is 9.69 Å². The molecule has 1 N–H and O–H groups in total. The summed E-state index contributed by atoms with van der Waals surface area (Å²) in [5.74, 6) is 1.21. The van der Waals surface area contributed by atoms with Crippen LogP contribution in [0.3, 0.4) is 0 Å². The van der Waals surface area contributed by atoms with Crippen molar-refractivity contribution >= 4 is 11.6 Å². The normalized spacial score (nSPS) is 14.4. The maximum atomic E-state index is 12.9. The van der Waals surface area contributed by atoms with Crippen LogP contribution in [0.15, 0.2) is 48.5 Å². The fraction of sp³-hybridized carbons (Fsp3) is 0.458. The summed E-state index contributed by atoms with van der Waals surface area (Å²) in [6, 6.07) is 16.7. The number of amides is 1. The van der Waals surface area contributed by atoms with E-state index in [1.165, 1.54) is 30.4 Å². The first-order valence-corrected chi connectivity index (χ1v) is 10.2. The molecule has 0 unspecified atom stereocenters. The van der Waals surface area contributed by atoms with E-state index in [1.807, 2.05) is 6.07 Å². The molecule has 144 valence electrons. The summed E-state index contributed by atoms with van der Waals surface area (Å²) in [7, 11) is 0. The molecule has 0 saturated heterocycles. The lowest BCUT2D eigenvalue weighted by Crippen LogP contribution is -2.38. The molecule has 2 aromatic rings. The molecule has 3 heteroatoms. The Kier molecular flexibility index (Phi) is 6.68. The number of anilines is 1. The average molecular weight is 365 g/mol. The van der Waals surface area contributed by atoms with E-state index < -0.39 is 0 Å². The summed E-state index contributed by atoms with van der Waals surface area (Å²) in [5, 5.41) is 3.21. The lowest BCUT2D eigenvalue weighted by Gasteiger charge is -2.32. The number of rotatable bonds is 8. The van der Waals surface area contributed by atoms with Gasteiger partial charge in [0.1, 0.15) is 0 Å². The fourth-order valence-corrected chi connectivity index (χ4v) is 3.79. The van der Waals surface area contributed by atoms with Crippen LogP contribution in [0.4, 0.5) is 5.69 Å². The van der Waals surface area contributed by atoms with Gasteiger partial charge in [0.15, 0.2) is 0 Å². The van der Waals surface area contributed by atoms with E-state index >= 15 is 0 Å². The Bertz CT molecular complexity index is 750. The summed E-state index contributed by atoms with van der Waals surface area (Å²) in [6.45, 7) is 8.68. The van der Waals surface area contributed by atoms with Crippen molar-refractivity contribution in [2.45, 2.75) is 52.5 Å². The van der Waals surface area contributed by atoms with Crippen LogP contribution in [0, 0.1) is 12.8 Å². The zero-order chi connectivity index (χ0) is 19.2. The molecular formula is C24H32N2O. The molecule has 2 aromatic carbocycles. The molecule has 27 heavy (non-hydrogen) atoms. The van der Waals surface area contributed by atoms with E-state index in [-0.39, 0.29) is 5.91 Å². The first-order valence-electron chi connectivity index (χ1n) is 10.2. The SMILES string of the molecule is Cc1cccc(C(C)C)c1NC(=O)CN(Cc1ccccc1)CC1CCC1. The van der Waals surface area contributed by atoms with Gasteiger partial charge in [0.2, 0.25) is 5.91 Å². The molecule has 1 saturated carbocycles. The number of hydrogen-bond acceptors (Lipinski definition) is 2. The van der Waals surface area contributed by atoms with Gasteiger partial charge in [0, 0.05) is 18.8 Å². The molecule has 1 amide bonds. The number of aryl methyl sites for hydroxylation is 1. The summed E-state index contributed by atoms with van der Waals surface area (Å²) < 4.78 is 0. The highest BCUT2D eigenvalue weighted by molar-refractivity contribution is 5.93. The van der Waals surface area contributed by atoms with Gasteiger partial charge in [-0.2, -0.15) is 0 Å². The molecule has 0 aliphatic heterocycles. The number of carbonyl (C=O) groups excluding carboxylic acids is 1. The van der Waals surface area contributed by atoms with Crippen LogP contribution in [-0.2, 0) is 11.3 Å². The fourth-order valence-electron chi connectivity index (χ4n) is 3.79. The highest BCUT2D eigenvalue weighted by atomic mass is 16.2. The minimum absolute atomic E-state index is 0.0847. The highest BCUT2D eigenvalue weighted by Crippen LogP contribution is 2.29. The molecule has 0 radical (unpaired) electrons. The second-order valence-corrected chi connectivity index (χ2v) is 8.19. The quantitative estimate of drug-likeness (QED) is 0.684. The Morgan fingerprint density at radius 1 is 1.11 bits per heavy atom. The minimum Gasteiger partial charge on any atom is -0.324 e. The number of para-hydroxylation sites is 1. The van der Waals surface area contributed by atoms with Crippen LogP contribution < -0.4 is 5.32 Å². The van der Waals surface area contributed by atoms with E-state index in [0.29, 0.717) is 12.5 Å². The van der Waals surface area contributed by atoms with Crippen molar-refractivity contribution in [2.75, 3.05) is 18.4 Å². The summed E-state index contributed by atoms with van der Waals surface area (Å²) in [6.07, 6.45) is 3.92. The summed E-state index contributed by atoms with van der Waals surface area (Å²) in [5.41, 5.74) is 4.59. The molecule has 1 aliphatic carbocycles. The number of nitrogens with zero attached hydrogens (tertiary/aromatic N) is 1. The number of nitrogens with one attached hydrogen (secondary N) is 1. The molecule has 0 heterocycles. The Labute approximate surface area is 163 Å². The van der Waals surface area contributed by atoms with Crippen molar-refractivity contribution < 1.29 is 4.79 Å². The first kappa shape index (κ1) is 19.6. The van der Waals surface area contributed by atoms with Crippen molar-refractivity contribution in [2.24, 2.45) is 5.92 Å². The van der Waals surface area contributed by atoms with Gasteiger partial charge < -0.3 is 5.32 Å². The number of hydrogen-bond donors (Lipinski definition) is 1. The summed E-state index contributed by atoms with van der Waals surface area (Å²) in [4.78, 5) is 15.2. The topological polar surface area (TPSA) is 32.3 Å². The van der Waals surface area contributed by atoms with Crippen LogP contribution in [-0.4, -0.2) is 23.9 Å². The van der Waals surface area contributed by atoms with Crippen LogP contribution in [0.25, 0.3) is 0 Å². The largest absolute Gasteiger partial charge is 0.324 e. The average Bonchev–Trinajstić information content (AvgIpc) is 2.60. The van der Waals surface area contributed by atoms with Gasteiger partial charge in [0.05, 0.1) is 6.54 Å². The molecular weight excluding hydrogens is 332 g/mol. The molecule has 0 atom stereocenters. The third-order valence-corrected chi connectivity index (χ3v) is 5.55.